The number of amides is 2. The summed E-state index contributed by atoms with van der Waals surface area (Å²) >= 11 is 6.09. The predicted molar refractivity (Wildman–Crippen MR) is 138 cm³/mol. The molecule has 0 spiro atoms. The molecule has 0 saturated carbocycles. The van der Waals surface area contributed by atoms with Gasteiger partial charge in [0.15, 0.2) is 0 Å². The summed E-state index contributed by atoms with van der Waals surface area (Å²) in [6, 6.07) is 20.3. The lowest BCUT2D eigenvalue weighted by Crippen LogP contribution is -2.53. The summed E-state index contributed by atoms with van der Waals surface area (Å²) in [5.74, 6) is -0.554. The minimum Gasteiger partial charge on any atom is -0.343 e. The van der Waals surface area contributed by atoms with E-state index in [4.69, 9.17) is 11.5 Å². The number of carbonyl (C=O) groups is 2. The van der Waals surface area contributed by atoms with Gasteiger partial charge in [-0.2, -0.15) is 0 Å². The number of nitrogens with two attached hydrogens (primary N) is 2. The van der Waals surface area contributed by atoms with Crippen LogP contribution in [0.3, 0.4) is 0 Å². The maximum atomic E-state index is 13.5. The van der Waals surface area contributed by atoms with Gasteiger partial charge in [0, 0.05) is 4.90 Å². The average Bonchev–Trinajstić information content (AvgIpc) is 3.16. The molecule has 3 atom stereocenters. The second kappa shape index (κ2) is 10.6. The zero-order chi connectivity index (χ0) is 23.4. The van der Waals surface area contributed by atoms with Crippen LogP contribution in [0.1, 0.15) is 18.4 Å². The fourth-order valence-corrected chi connectivity index (χ4v) is 5.58. The quantitative estimate of drug-likeness (QED) is 0.371. The number of anilines is 1. The van der Waals surface area contributed by atoms with Gasteiger partial charge >= 0.3 is 0 Å². The van der Waals surface area contributed by atoms with Gasteiger partial charge in [-0.25, -0.2) is 0 Å². The first-order valence-corrected chi connectivity index (χ1v) is 12.4. The Bertz CT molecular complexity index is 1160. The Labute approximate surface area is 203 Å². The van der Waals surface area contributed by atoms with E-state index in [1.54, 1.807) is 4.90 Å². The van der Waals surface area contributed by atoms with Crippen LogP contribution in [0.4, 0.5) is 5.69 Å². The molecule has 1 heterocycles. The topological polar surface area (TPSA) is 101 Å². The Morgan fingerprint density at radius 2 is 1.79 bits per heavy atom. The minimum absolute atomic E-state index is 0.202. The van der Waals surface area contributed by atoms with E-state index in [1.165, 1.54) is 11.8 Å². The Morgan fingerprint density at radius 1 is 1.06 bits per heavy atom. The molecule has 1 aliphatic rings. The van der Waals surface area contributed by atoms with Crippen molar-refractivity contribution in [3.8, 4) is 0 Å². The molecule has 0 saturated heterocycles. The van der Waals surface area contributed by atoms with Crippen molar-refractivity contribution >= 4 is 52.7 Å². The number of hydrogen-bond acceptors (Lipinski definition) is 6. The number of thiol groups is 1. The van der Waals surface area contributed by atoms with E-state index in [1.807, 2.05) is 66.7 Å². The van der Waals surface area contributed by atoms with Crippen LogP contribution in [0.2, 0.25) is 0 Å². The molecule has 8 heteroatoms. The Hall–Kier alpha value is -2.52. The molecular weight excluding hydrogens is 452 g/mol. The number of thioether (sulfide) groups is 1. The average molecular weight is 481 g/mol. The predicted octanol–water partition coefficient (Wildman–Crippen LogP) is 3.29. The number of para-hydroxylation sites is 1. The third kappa shape index (κ3) is 5.35. The van der Waals surface area contributed by atoms with Gasteiger partial charge in [-0.15, -0.1) is 12.6 Å². The van der Waals surface area contributed by atoms with Crippen molar-refractivity contribution in [3.05, 3.63) is 72.3 Å². The highest BCUT2D eigenvalue weighted by molar-refractivity contribution is 8.11. The summed E-state index contributed by atoms with van der Waals surface area (Å²) in [4.78, 5) is 29.1. The van der Waals surface area contributed by atoms with Crippen molar-refractivity contribution in [2.45, 2.75) is 40.9 Å². The standard InChI is InChI=1S/C25H28N4O2S2/c26-13-5-8-20(24(31)29-21-9-3-4-10-22(21)33-25(29)32)28-23(30)19(27)15-16-11-12-17-6-1-2-7-18(17)14-16/h1-4,6-7,9-12,14,19-20,25,32H,5,8,13,15,26-27H2,(H,28,30)/t19-,20-,25?/m0/s1. The number of hydrogen-bond donors (Lipinski definition) is 4. The third-order valence-electron chi connectivity index (χ3n) is 5.73. The Morgan fingerprint density at radius 3 is 2.58 bits per heavy atom. The van der Waals surface area contributed by atoms with E-state index in [0.717, 1.165) is 26.9 Å². The molecular formula is C25H28N4O2S2. The van der Waals surface area contributed by atoms with E-state index in [0.29, 0.717) is 25.8 Å². The number of carbonyl (C=O) groups excluding carboxylic acids is 2. The molecule has 0 aromatic heterocycles. The lowest BCUT2D eigenvalue weighted by molar-refractivity contribution is -0.128. The summed E-state index contributed by atoms with van der Waals surface area (Å²) in [7, 11) is 0. The molecule has 3 aromatic rings. The molecule has 33 heavy (non-hydrogen) atoms. The van der Waals surface area contributed by atoms with Crippen molar-refractivity contribution < 1.29 is 9.59 Å². The summed E-state index contributed by atoms with van der Waals surface area (Å²) in [5, 5.41) is 5.12. The van der Waals surface area contributed by atoms with Gasteiger partial charge in [0.2, 0.25) is 5.91 Å². The second-order valence-electron chi connectivity index (χ2n) is 8.10. The van der Waals surface area contributed by atoms with Crippen molar-refractivity contribution in [1.29, 1.82) is 0 Å². The summed E-state index contributed by atoms with van der Waals surface area (Å²) in [6.45, 7) is 0.429. The van der Waals surface area contributed by atoms with Crippen LogP contribution in [-0.2, 0) is 16.0 Å². The Kier molecular flexibility index (Phi) is 7.60. The highest BCUT2D eigenvalue weighted by Gasteiger charge is 2.36. The monoisotopic (exact) mass is 480 g/mol. The van der Waals surface area contributed by atoms with Gasteiger partial charge in [-0.05, 0) is 54.3 Å². The molecule has 1 aliphatic heterocycles. The van der Waals surface area contributed by atoms with Gasteiger partial charge in [-0.3, -0.25) is 14.5 Å². The maximum absolute atomic E-state index is 13.5. The molecule has 3 aromatic carbocycles. The highest BCUT2D eigenvalue weighted by Crippen LogP contribution is 2.45. The molecule has 172 valence electrons. The number of rotatable bonds is 8. The van der Waals surface area contributed by atoms with Crippen LogP contribution in [0.25, 0.3) is 10.8 Å². The minimum atomic E-state index is -0.772. The molecule has 0 bridgehead atoms. The van der Waals surface area contributed by atoms with Crippen LogP contribution in [0.15, 0.2) is 71.6 Å². The number of nitrogens with one attached hydrogen (secondary N) is 1. The summed E-state index contributed by atoms with van der Waals surface area (Å²) in [6.07, 6.45) is 1.43. The molecule has 1 unspecified atom stereocenters. The fourth-order valence-electron chi connectivity index (χ4n) is 4.01. The summed E-state index contributed by atoms with van der Waals surface area (Å²) < 4.78 is -0.349. The van der Waals surface area contributed by atoms with Gasteiger partial charge in [0.1, 0.15) is 10.7 Å². The van der Waals surface area contributed by atoms with Crippen molar-refractivity contribution in [3.63, 3.8) is 0 Å². The largest absolute Gasteiger partial charge is 0.343 e. The molecule has 6 nitrogen and oxygen atoms in total. The van der Waals surface area contributed by atoms with Crippen LogP contribution < -0.4 is 21.7 Å². The van der Waals surface area contributed by atoms with E-state index >= 15 is 0 Å². The smallest absolute Gasteiger partial charge is 0.251 e. The molecule has 5 N–H and O–H groups in total. The number of fused-ring (bicyclic) bond motifs is 2. The van der Waals surface area contributed by atoms with Crippen molar-refractivity contribution in [2.75, 3.05) is 11.4 Å². The Balaban J connectivity index is 1.47. The van der Waals surface area contributed by atoms with Crippen LogP contribution >= 0.6 is 24.4 Å². The first-order chi connectivity index (χ1) is 16.0. The fraction of sp³-hybridized carbons (Fsp3) is 0.280. The molecule has 2 amide bonds. The van der Waals surface area contributed by atoms with E-state index < -0.39 is 12.1 Å². The van der Waals surface area contributed by atoms with Crippen LogP contribution in [0, 0.1) is 0 Å². The van der Waals surface area contributed by atoms with E-state index in [9.17, 15) is 9.59 Å². The van der Waals surface area contributed by atoms with Gasteiger partial charge in [0.25, 0.3) is 5.91 Å². The molecule has 0 fully saturated rings. The molecule has 4 rings (SSSR count). The van der Waals surface area contributed by atoms with Gasteiger partial charge < -0.3 is 16.8 Å². The first-order valence-electron chi connectivity index (χ1n) is 11.0. The van der Waals surface area contributed by atoms with Crippen molar-refractivity contribution in [2.24, 2.45) is 11.5 Å². The van der Waals surface area contributed by atoms with Gasteiger partial charge in [-0.1, -0.05) is 66.4 Å². The SMILES string of the molecule is NCCC[C@H](NC(=O)[C@@H](N)Cc1ccc2ccccc2c1)C(=O)N1c2ccccc2SC1S. The normalized spacial score (nSPS) is 16.9. The zero-order valence-corrected chi connectivity index (χ0v) is 19.9. The number of nitrogens with zero attached hydrogens (tertiary/aromatic N) is 1. The maximum Gasteiger partial charge on any atom is 0.251 e. The van der Waals surface area contributed by atoms with Gasteiger partial charge in [0.05, 0.1) is 11.7 Å². The zero-order valence-electron chi connectivity index (χ0n) is 18.2. The first kappa shape index (κ1) is 23.6. The molecule has 0 aliphatic carbocycles. The van der Waals surface area contributed by atoms with E-state index in [-0.39, 0.29) is 16.5 Å². The van der Waals surface area contributed by atoms with Crippen LogP contribution in [-0.4, -0.2) is 35.1 Å². The second-order valence-corrected chi connectivity index (χ2v) is 10.1. The number of benzene rings is 3. The lowest BCUT2D eigenvalue weighted by atomic mass is 10.0. The van der Waals surface area contributed by atoms with Crippen LogP contribution in [0.5, 0.6) is 0 Å². The molecule has 0 radical (unpaired) electrons. The highest BCUT2D eigenvalue weighted by atomic mass is 32.2. The lowest BCUT2D eigenvalue weighted by Gasteiger charge is -2.28. The third-order valence-corrected chi connectivity index (χ3v) is 7.30. The van der Waals surface area contributed by atoms with E-state index in [2.05, 4.69) is 17.9 Å². The summed E-state index contributed by atoms with van der Waals surface area (Å²) in [5.41, 5.74) is 13.7. The van der Waals surface area contributed by atoms with Crippen molar-refractivity contribution in [1.82, 2.24) is 5.32 Å².